The van der Waals surface area contributed by atoms with E-state index in [1.54, 1.807) is 19.2 Å². The number of allylic oxidation sites excluding steroid dienone is 2. The van der Waals surface area contributed by atoms with Gasteiger partial charge >= 0.3 is 0 Å². The minimum Gasteiger partial charge on any atom is -0.382 e. The molecule has 0 amide bonds. The number of carbonyl (C=O) groups excluding carboxylic acids is 1. The van der Waals surface area contributed by atoms with Crippen molar-refractivity contribution in [3.8, 4) is 0 Å². The Kier molecular flexibility index (Phi) is 4.00. The van der Waals surface area contributed by atoms with Crippen LogP contribution in [0.25, 0.3) is 11.0 Å². The first kappa shape index (κ1) is 13.3. The van der Waals surface area contributed by atoms with Crippen molar-refractivity contribution in [2.24, 2.45) is 0 Å². The number of carbonyl (C=O) groups is 1. The molecule has 0 fully saturated rings. The molecule has 0 aliphatic carbocycles. The van der Waals surface area contributed by atoms with E-state index in [2.05, 4.69) is 29.1 Å². The van der Waals surface area contributed by atoms with Gasteiger partial charge in [-0.25, -0.2) is 4.98 Å². The molecule has 0 radical (unpaired) electrons. The van der Waals surface area contributed by atoms with Gasteiger partial charge in [0.05, 0.1) is 0 Å². The van der Waals surface area contributed by atoms with E-state index in [1.807, 2.05) is 18.3 Å². The Labute approximate surface area is 112 Å². The molecule has 0 aliphatic rings. The van der Waals surface area contributed by atoms with Gasteiger partial charge in [-0.1, -0.05) is 6.08 Å². The maximum absolute atomic E-state index is 10.9. The summed E-state index contributed by atoms with van der Waals surface area (Å²) in [6.07, 6.45) is 7.95. The number of nitrogens with zero attached hydrogens (tertiary/aromatic N) is 1. The molecular formula is C15H19N3O. The molecule has 100 valence electrons. The van der Waals surface area contributed by atoms with Crippen molar-refractivity contribution < 1.29 is 4.79 Å². The first-order valence-electron chi connectivity index (χ1n) is 6.46. The highest BCUT2D eigenvalue weighted by Crippen LogP contribution is 2.26. The van der Waals surface area contributed by atoms with Crippen molar-refractivity contribution in [1.29, 1.82) is 0 Å². The Hall–Kier alpha value is -2.10. The number of hydrogen-bond acceptors (Lipinski definition) is 3. The molecule has 2 aromatic rings. The Morgan fingerprint density at radius 3 is 3.00 bits per heavy atom. The van der Waals surface area contributed by atoms with Gasteiger partial charge in [-0.3, -0.25) is 4.79 Å². The monoisotopic (exact) mass is 257 g/mol. The van der Waals surface area contributed by atoms with E-state index >= 15 is 0 Å². The van der Waals surface area contributed by atoms with E-state index in [-0.39, 0.29) is 5.78 Å². The highest BCUT2D eigenvalue weighted by molar-refractivity contribution is 5.93. The third kappa shape index (κ3) is 3.22. The number of rotatable bonds is 5. The summed E-state index contributed by atoms with van der Waals surface area (Å²) < 4.78 is 0. The van der Waals surface area contributed by atoms with Gasteiger partial charge in [0.15, 0.2) is 5.78 Å². The summed E-state index contributed by atoms with van der Waals surface area (Å²) in [7, 11) is 0. The molecule has 2 N–H and O–H groups in total. The summed E-state index contributed by atoms with van der Waals surface area (Å²) in [6.45, 7) is 5.77. The molecular weight excluding hydrogens is 238 g/mol. The molecule has 0 bridgehead atoms. The first-order chi connectivity index (χ1) is 9.08. The lowest BCUT2D eigenvalue weighted by Crippen LogP contribution is -2.10. The number of H-pyrrole nitrogens is 1. The standard InChI is InChI=1S/C15H19N3O/c1-10(2)18-13-7-8-16-15-14(13)12(9-17-15)6-4-5-11(3)19/h4-5,7-10H,6H2,1-3H3,(H2,16,17,18). The molecule has 0 aliphatic heterocycles. The number of anilines is 1. The van der Waals surface area contributed by atoms with Crippen molar-refractivity contribution in [2.75, 3.05) is 5.32 Å². The largest absolute Gasteiger partial charge is 0.382 e. The quantitative estimate of drug-likeness (QED) is 0.809. The van der Waals surface area contributed by atoms with Crippen molar-refractivity contribution in [2.45, 2.75) is 33.2 Å². The predicted molar refractivity (Wildman–Crippen MR) is 78.4 cm³/mol. The average Bonchev–Trinajstić information content (AvgIpc) is 2.72. The maximum Gasteiger partial charge on any atom is 0.152 e. The van der Waals surface area contributed by atoms with Crippen molar-refractivity contribution in [3.05, 3.63) is 36.2 Å². The van der Waals surface area contributed by atoms with Crippen LogP contribution in [0.2, 0.25) is 0 Å². The van der Waals surface area contributed by atoms with Crippen LogP contribution in [0.5, 0.6) is 0 Å². The smallest absolute Gasteiger partial charge is 0.152 e. The van der Waals surface area contributed by atoms with E-state index in [4.69, 9.17) is 0 Å². The zero-order valence-corrected chi connectivity index (χ0v) is 11.5. The second-order valence-corrected chi connectivity index (χ2v) is 4.91. The van der Waals surface area contributed by atoms with Crippen LogP contribution in [-0.2, 0) is 11.2 Å². The molecule has 2 rings (SSSR count). The Bertz CT molecular complexity index is 611. The van der Waals surface area contributed by atoms with E-state index in [0.29, 0.717) is 6.04 Å². The van der Waals surface area contributed by atoms with E-state index < -0.39 is 0 Å². The lowest BCUT2D eigenvalue weighted by atomic mass is 10.1. The van der Waals surface area contributed by atoms with Gasteiger partial charge < -0.3 is 10.3 Å². The van der Waals surface area contributed by atoms with Crippen molar-refractivity contribution in [1.82, 2.24) is 9.97 Å². The zero-order chi connectivity index (χ0) is 13.8. The summed E-state index contributed by atoms with van der Waals surface area (Å²) in [5.74, 6) is 0.0681. The summed E-state index contributed by atoms with van der Waals surface area (Å²) in [4.78, 5) is 18.4. The van der Waals surface area contributed by atoms with Crippen LogP contribution < -0.4 is 5.32 Å². The van der Waals surface area contributed by atoms with Gasteiger partial charge in [0.25, 0.3) is 0 Å². The molecule has 0 spiro atoms. The Balaban J connectivity index is 2.36. The number of nitrogens with one attached hydrogen (secondary N) is 2. The van der Waals surface area contributed by atoms with Crippen LogP contribution in [-0.4, -0.2) is 21.8 Å². The molecule has 2 aromatic heterocycles. The molecule has 0 saturated carbocycles. The average molecular weight is 257 g/mol. The van der Waals surface area contributed by atoms with Crippen LogP contribution in [0.4, 0.5) is 5.69 Å². The highest BCUT2D eigenvalue weighted by Gasteiger charge is 2.09. The third-order valence-corrected chi connectivity index (χ3v) is 2.79. The van der Waals surface area contributed by atoms with Gasteiger partial charge in [-0.05, 0) is 44.9 Å². The second-order valence-electron chi connectivity index (χ2n) is 4.91. The molecule has 19 heavy (non-hydrogen) atoms. The molecule has 0 saturated heterocycles. The van der Waals surface area contributed by atoms with Crippen LogP contribution in [0, 0.1) is 0 Å². The van der Waals surface area contributed by atoms with Gasteiger partial charge in [0.2, 0.25) is 0 Å². The van der Waals surface area contributed by atoms with Gasteiger partial charge in [0, 0.05) is 29.5 Å². The SMILES string of the molecule is CC(=O)C=CCc1c[nH]c2nccc(NC(C)C)c12. The van der Waals surface area contributed by atoms with Crippen molar-refractivity contribution in [3.63, 3.8) is 0 Å². The molecule has 2 heterocycles. The van der Waals surface area contributed by atoms with Crippen LogP contribution in [0.1, 0.15) is 26.3 Å². The van der Waals surface area contributed by atoms with Crippen LogP contribution >= 0.6 is 0 Å². The molecule has 0 atom stereocenters. The van der Waals surface area contributed by atoms with Crippen LogP contribution in [0.15, 0.2) is 30.6 Å². The zero-order valence-electron chi connectivity index (χ0n) is 11.5. The number of fused-ring (bicyclic) bond motifs is 1. The topological polar surface area (TPSA) is 57.8 Å². The van der Waals surface area contributed by atoms with Gasteiger partial charge in [0.1, 0.15) is 5.65 Å². The fraction of sp³-hybridized carbons (Fsp3) is 0.333. The lowest BCUT2D eigenvalue weighted by molar-refractivity contribution is -0.112. The summed E-state index contributed by atoms with van der Waals surface area (Å²) in [5, 5.41) is 4.52. The minimum atomic E-state index is 0.0681. The number of ketones is 1. The normalized spacial score (nSPS) is 11.6. The first-order valence-corrected chi connectivity index (χ1v) is 6.46. The van der Waals surface area contributed by atoms with Crippen molar-refractivity contribution >= 4 is 22.5 Å². The van der Waals surface area contributed by atoms with Gasteiger partial charge in [-0.2, -0.15) is 0 Å². The molecule has 0 unspecified atom stereocenters. The van der Waals surface area contributed by atoms with E-state index in [9.17, 15) is 4.79 Å². The summed E-state index contributed by atoms with van der Waals surface area (Å²) >= 11 is 0. The highest BCUT2D eigenvalue weighted by atomic mass is 16.1. The molecule has 4 heteroatoms. The second kappa shape index (κ2) is 5.69. The number of hydrogen-bond donors (Lipinski definition) is 2. The number of aromatic nitrogens is 2. The summed E-state index contributed by atoms with van der Waals surface area (Å²) in [6, 6.07) is 2.34. The minimum absolute atomic E-state index is 0.0681. The molecule has 4 nitrogen and oxygen atoms in total. The summed E-state index contributed by atoms with van der Waals surface area (Å²) in [5.41, 5.74) is 3.09. The Morgan fingerprint density at radius 2 is 2.32 bits per heavy atom. The third-order valence-electron chi connectivity index (χ3n) is 2.79. The van der Waals surface area contributed by atoms with E-state index in [1.165, 1.54) is 0 Å². The molecule has 0 aromatic carbocycles. The van der Waals surface area contributed by atoms with Gasteiger partial charge in [-0.15, -0.1) is 0 Å². The van der Waals surface area contributed by atoms with Crippen LogP contribution in [0.3, 0.4) is 0 Å². The maximum atomic E-state index is 10.9. The van der Waals surface area contributed by atoms with E-state index in [0.717, 1.165) is 28.7 Å². The fourth-order valence-electron chi connectivity index (χ4n) is 2.07. The Morgan fingerprint density at radius 1 is 1.53 bits per heavy atom. The predicted octanol–water partition coefficient (Wildman–Crippen LogP) is 3.07. The lowest BCUT2D eigenvalue weighted by Gasteiger charge is -2.11. The number of pyridine rings is 1. The number of aromatic amines is 1. The fourth-order valence-corrected chi connectivity index (χ4v) is 2.07.